The summed E-state index contributed by atoms with van der Waals surface area (Å²) in [6.45, 7) is 0.376. The highest BCUT2D eigenvalue weighted by molar-refractivity contribution is 5.75. The molecule has 138 valence electrons. The standard InChI is InChI=1S/C20H18FN3O3/c21-14-8-12(7-13(9-14)16-10-17(16)20(25)26)4-6-27-15-1-2-18(22-11-15)19-3-5-23-24-19/h1-3,5,7-9,11,16-17H,4,6,10H2,(H,23,24)(H,25,26). The Morgan fingerprint density at radius 3 is 2.85 bits per heavy atom. The first kappa shape index (κ1) is 17.2. The number of carboxylic acids is 1. The molecular weight excluding hydrogens is 349 g/mol. The monoisotopic (exact) mass is 367 g/mol. The maximum absolute atomic E-state index is 13.9. The second-order valence-electron chi connectivity index (χ2n) is 6.63. The lowest BCUT2D eigenvalue weighted by atomic mass is 10.0. The normalized spacial score (nSPS) is 18.3. The topological polar surface area (TPSA) is 88.1 Å². The van der Waals surface area contributed by atoms with Crippen molar-refractivity contribution in [1.82, 2.24) is 15.2 Å². The van der Waals surface area contributed by atoms with E-state index in [9.17, 15) is 9.18 Å². The molecule has 0 saturated heterocycles. The molecule has 1 fully saturated rings. The Labute approximate surface area is 155 Å². The van der Waals surface area contributed by atoms with E-state index >= 15 is 0 Å². The van der Waals surface area contributed by atoms with E-state index in [1.54, 1.807) is 12.4 Å². The van der Waals surface area contributed by atoms with Crippen molar-refractivity contribution in [2.24, 2.45) is 5.92 Å². The van der Waals surface area contributed by atoms with Gasteiger partial charge in [-0.3, -0.25) is 14.9 Å². The van der Waals surface area contributed by atoms with E-state index in [4.69, 9.17) is 9.84 Å². The third-order valence-electron chi connectivity index (χ3n) is 4.69. The summed E-state index contributed by atoms with van der Waals surface area (Å²) in [5.41, 5.74) is 3.15. The number of hydrogen-bond acceptors (Lipinski definition) is 4. The van der Waals surface area contributed by atoms with E-state index in [1.165, 1.54) is 12.1 Å². The molecule has 1 aliphatic rings. The molecule has 2 N–H and O–H groups in total. The van der Waals surface area contributed by atoms with Crippen LogP contribution in [0.5, 0.6) is 5.75 Å². The molecule has 2 aromatic heterocycles. The van der Waals surface area contributed by atoms with Gasteiger partial charge < -0.3 is 9.84 Å². The number of carboxylic acid groups (broad SMARTS) is 1. The number of carbonyl (C=O) groups is 1. The van der Waals surface area contributed by atoms with E-state index in [0.29, 0.717) is 25.2 Å². The lowest BCUT2D eigenvalue weighted by molar-refractivity contribution is -0.138. The number of nitrogens with one attached hydrogen (secondary N) is 1. The summed E-state index contributed by atoms with van der Waals surface area (Å²) in [5, 5.41) is 15.8. The van der Waals surface area contributed by atoms with E-state index < -0.39 is 11.9 Å². The smallest absolute Gasteiger partial charge is 0.307 e. The number of H-pyrrole nitrogens is 1. The number of aliphatic carboxylic acids is 1. The van der Waals surface area contributed by atoms with E-state index in [-0.39, 0.29) is 11.7 Å². The van der Waals surface area contributed by atoms with Crippen molar-refractivity contribution < 1.29 is 19.0 Å². The van der Waals surface area contributed by atoms with Crippen LogP contribution in [0.3, 0.4) is 0 Å². The predicted octanol–water partition coefficient (Wildman–Crippen LogP) is 3.42. The van der Waals surface area contributed by atoms with Gasteiger partial charge in [0.2, 0.25) is 0 Å². The summed E-state index contributed by atoms with van der Waals surface area (Å²) >= 11 is 0. The predicted molar refractivity (Wildman–Crippen MR) is 95.9 cm³/mol. The highest BCUT2D eigenvalue weighted by Crippen LogP contribution is 2.47. The van der Waals surface area contributed by atoms with Crippen molar-refractivity contribution in [1.29, 1.82) is 0 Å². The number of aromatic nitrogens is 3. The van der Waals surface area contributed by atoms with Crippen LogP contribution >= 0.6 is 0 Å². The fourth-order valence-electron chi connectivity index (χ4n) is 3.18. The number of hydrogen-bond donors (Lipinski definition) is 2. The van der Waals surface area contributed by atoms with E-state index in [2.05, 4.69) is 15.2 Å². The molecular formula is C20H18FN3O3. The van der Waals surface area contributed by atoms with Crippen LogP contribution < -0.4 is 4.74 Å². The molecule has 2 heterocycles. The van der Waals surface area contributed by atoms with Gasteiger partial charge in [0.15, 0.2) is 0 Å². The van der Waals surface area contributed by atoms with Crippen LogP contribution in [-0.2, 0) is 11.2 Å². The summed E-state index contributed by atoms with van der Waals surface area (Å²) in [7, 11) is 0. The molecule has 7 heteroatoms. The lowest BCUT2D eigenvalue weighted by Gasteiger charge is -2.08. The minimum absolute atomic E-state index is 0.0860. The molecule has 0 spiro atoms. The van der Waals surface area contributed by atoms with Gasteiger partial charge in [-0.15, -0.1) is 0 Å². The highest BCUT2D eigenvalue weighted by atomic mass is 19.1. The number of aromatic amines is 1. The molecule has 3 aromatic rings. The molecule has 27 heavy (non-hydrogen) atoms. The quantitative estimate of drug-likeness (QED) is 0.668. The molecule has 1 saturated carbocycles. The Morgan fingerprint density at radius 1 is 1.30 bits per heavy atom. The molecule has 2 atom stereocenters. The van der Waals surface area contributed by atoms with Crippen LogP contribution in [-0.4, -0.2) is 32.9 Å². The van der Waals surface area contributed by atoms with Crippen LogP contribution in [0.15, 0.2) is 48.8 Å². The van der Waals surface area contributed by atoms with Gasteiger partial charge in [0.1, 0.15) is 11.6 Å². The van der Waals surface area contributed by atoms with Gasteiger partial charge >= 0.3 is 5.97 Å². The lowest BCUT2D eigenvalue weighted by Crippen LogP contribution is -2.03. The van der Waals surface area contributed by atoms with Gasteiger partial charge in [-0.25, -0.2) is 4.39 Å². The van der Waals surface area contributed by atoms with Crippen molar-refractivity contribution in [3.8, 4) is 17.1 Å². The number of rotatable bonds is 7. The van der Waals surface area contributed by atoms with Crippen LogP contribution in [0, 0.1) is 11.7 Å². The SMILES string of the molecule is O=C(O)C1CC1c1cc(F)cc(CCOc2ccc(-c3ccn[nH]3)nc2)c1. The minimum Gasteiger partial charge on any atom is -0.492 e. The van der Waals surface area contributed by atoms with Crippen LogP contribution in [0.4, 0.5) is 4.39 Å². The molecule has 0 amide bonds. The zero-order chi connectivity index (χ0) is 18.8. The van der Waals surface area contributed by atoms with Crippen molar-refractivity contribution in [3.63, 3.8) is 0 Å². The molecule has 0 aliphatic heterocycles. The zero-order valence-electron chi connectivity index (χ0n) is 14.4. The maximum atomic E-state index is 13.9. The van der Waals surface area contributed by atoms with Crippen LogP contribution in [0.25, 0.3) is 11.4 Å². The molecule has 0 bridgehead atoms. The van der Waals surface area contributed by atoms with Crippen molar-refractivity contribution in [2.45, 2.75) is 18.8 Å². The fraction of sp³-hybridized carbons (Fsp3) is 0.250. The molecule has 4 rings (SSSR count). The molecule has 2 unspecified atom stereocenters. The van der Waals surface area contributed by atoms with Gasteiger partial charge in [-0.2, -0.15) is 5.10 Å². The second-order valence-corrected chi connectivity index (χ2v) is 6.63. The summed E-state index contributed by atoms with van der Waals surface area (Å²) in [5.74, 6) is -1.01. The first-order chi connectivity index (χ1) is 13.1. The number of ether oxygens (including phenoxy) is 1. The maximum Gasteiger partial charge on any atom is 0.307 e. The summed E-state index contributed by atoms with van der Waals surface area (Å²) in [6.07, 6.45) is 4.39. The average Bonchev–Trinajstić information content (AvgIpc) is 3.29. The molecule has 1 aromatic carbocycles. The van der Waals surface area contributed by atoms with Gasteiger partial charge in [-0.05, 0) is 53.8 Å². The number of halogens is 1. The van der Waals surface area contributed by atoms with E-state index in [0.717, 1.165) is 22.5 Å². The Kier molecular flexibility index (Phi) is 4.58. The van der Waals surface area contributed by atoms with Gasteiger partial charge in [0, 0.05) is 12.6 Å². The fourth-order valence-corrected chi connectivity index (χ4v) is 3.18. The highest BCUT2D eigenvalue weighted by Gasteiger charge is 2.44. The third kappa shape index (κ3) is 3.97. The minimum atomic E-state index is -0.819. The Morgan fingerprint density at radius 2 is 2.19 bits per heavy atom. The van der Waals surface area contributed by atoms with E-state index in [1.807, 2.05) is 24.3 Å². The van der Waals surface area contributed by atoms with Crippen molar-refractivity contribution in [3.05, 3.63) is 65.7 Å². The van der Waals surface area contributed by atoms with Gasteiger partial charge in [-0.1, -0.05) is 6.07 Å². The van der Waals surface area contributed by atoms with Crippen LogP contribution in [0.2, 0.25) is 0 Å². The van der Waals surface area contributed by atoms with Crippen LogP contribution in [0.1, 0.15) is 23.5 Å². The number of benzene rings is 1. The second kappa shape index (κ2) is 7.19. The average molecular weight is 367 g/mol. The molecule has 1 aliphatic carbocycles. The molecule has 6 nitrogen and oxygen atoms in total. The van der Waals surface area contributed by atoms with Gasteiger partial charge in [0.05, 0.1) is 30.1 Å². The summed E-state index contributed by atoms with van der Waals surface area (Å²) in [6, 6.07) is 10.3. The first-order valence-electron chi connectivity index (χ1n) is 8.71. The van der Waals surface area contributed by atoms with Crippen molar-refractivity contribution >= 4 is 5.97 Å². The van der Waals surface area contributed by atoms with Gasteiger partial charge in [0.25, 0.3) is 0 Å². The van der Waals surface area contributed by atoms with Crippen molar-refractivity contribution in [2.75, 3.05) is 6.61 Å². The Balaban J connectivity index is 1.35. The number of nitrogens with zero attached hydrogens (tertiary/aromatic N) is 2. The first-order valence-corrected chi connectivity index (χ1v) is 8.71. The Bertz CT molecular complexity index is 942. The number of pyridine rings is 1. The largest absolute Gasteiger partial charge is 0.492 e. The zero-order valence-corrected chi connectivity index (χ0v) is 14.4. The Hall–Kier alpha value is -3.22. The summed E-state index contributed by atoms with van der Waals surface area (Å²) < 4.78 is 19.6. The summed E-state index contributed by atoms with van der Waals surface area (Å²) in [4.78, 5) is 15.3. The third-order valence-corrected chi connectivity index (χ3v) is 4.69. The molecule has 0 radical (unpaired) electrons.